The number of aliphatic hydroxyl groups excluding tert-OH is 1. The van der Waals surface area contributed by atoms with Gasteiger partial charge >= 0.3 is 5.97 Å². The fraction of sp³-hybridized carbons (Fsp3) is 0.612. The van der Waals surface area contributed by atoms with Crippen LogP contribution < -0.4 is 48.3 Å². The number of nitrogens with two attached hydrogens (primary N) is 1. The van der Waals surface area contributed by atoms with Gasteiger partial charge in [0.1, 0.15) is 54.1 Å². The number of fused-ring (bicyclic) bond motifs is 1. The van der Waals surface area contributed by atoms with E-state index >= 15 is 0 Å². The van der Waals surface area contributed by atoms with Crippen molar-refractivity contribution in [1.82, 2.24) is 57.4 Å². The van der Waals surface area contributed by atoms with Gasteiger partial charge in [-0.2, -0.15) is 0 Å². The van der Waals surface area contributed by atoms with Gasteiger partial charge in [0, 0.05) is 49.2 Å². The number of H-pyrrole nitrogens is 1. The van der Waals surface area contributed by atoms with Gasteiger partial charge in [0.05, 0.1) is 28.5 Å². The van der Waals surface area contributed by atoms with E-state index in [1.807, 2.05) is 36.4 Å². The van der Waals surface area contributed by atoms with Crippen LogP contribution >= 0.6 is 44.2 Å². The van der Waals surface area contributed by atoms with Gasteiger partial charge < -0.3 is 73.5 Å². The highest BCUT2D eigenvalue weighted by molar-refractivity contribution is 14.1. The third-order valence-electron chi connectivity index (χ3n) is 12.9. The van der Waals surface area contributed by atoms with Crippen LogP contribution in [0.15, 0.2) is 30.7 Å². The van der Waals surface area contributed by atoms with E-state index in [2.05, 4.69) is 52.5 Å². The molecular weight excluding hydrogens is 1160 g/mol. The van der Waals surface area contributed by atoms with E-state index in [0.717, 1.165) is 21.6 Å². The van der Waals surface area contributed by atoms with Crippen LogP contribution in [0.3, 0.4) is 0 Å². The van der Waals surface area contributed by atoms with E-state index in [4.69, 9.17) is 5.73 Å². The molecule has 3 heterocycles. The number of imidazole rings is 1. The highest BCUT2D eigenvalue weighted by atomic mass is 127. The monoisotopic (exact) mass is 1230 g/mol. The third kappa shape index (κ3) is 19.6. The van der Waals surface area contributed by atoms with Gasteiger partial charge in [-0.05, 0) is 77.9 Å². The number of phenols is 1. The predicted octanol–water partition coefficient (Wildman–Crippen LogP) is -1.06. The molecule has 1 aromatic carbocycles. The van der Waals surface area contributed by atoms with Gasteiger partial charge in [-0.3, -0.25) is 47.9 Å². The Kier molecular flexibility index (Phi) is 25.2. The van der Waals surface area contributed by atoms with Crippen molar-refractivity contribution in [2.45, 2.75) is 147 Å². The highest BCUT2D eigenvalue weighted by Crippen LogP contribution is 2.27. The number of aromatic hydroxyl groups is 1. The number of carboxylic acids is 1. The molecule has 2 saturated heterocycles. The number of aliphatic hydroxyl groups is 1. The molecule has 77 heavy (non-hydrogen) atoms. The molecule has 14 N–H and O–H groups in total. The quantitative estimate of drug-likeness (QED) is 0.0555. The molecule has 0 radical (unpaired) electrons. The Labute approximate surface area is 468 Å². The summed E-state index contributed by atoms with van der Waals surface area (Å²) in [5.41, 5.74) is 6.47. The Morgan fingerprint density at radius 2 is 1.51 bits per heavy atom. The molecule has 1 aromatic heterocycles. The van der Waals surface area contributed by atoms with Gasteiger partial charge in [0.25, 0.3) is 0 Å². The largest absolute Gasteiger partial charge is 0.507 e. The average Bonchev–Trinajstić information content (AvgIpc) is 4.04. The van der Waals surface area contributed by atoms with E-state index in [1.54, 1.807) is 33.8 Å². The second-order valence-corrected chi connectivity index (χ2v) is 23.8. The number of rotatable bonds is 20. The standard InChI is InChI=1S/C49H73IN12O13S2/c1-8-25(6)40(48(74)55-30(41(51)67)11-23(2)3)61-45(71)33(15-27-18-53-22-54-27)57-46(72)35-20-76-77-21-36(52-7)49(75)62-19-28(63)16-37(62)47(73)59-32(14-26-9-10-38(64)29(50)13-26)43(69)58-34(17-39(65)66)44(70)56-31(12-24(4)5)42(68)60-35/h9-10,13,18,22-25,28,30-37,40,52,63-64H,8,11-12,14-17,19-21H2,1-7H3,(H2,51,67)(H,53,54)(H,55,74)(H,56,70)(H,57,72)(H,58,69)(H,59,73)(H,60,68)(H,61,71)(H,65,66)/t25?,28?,30-,31-,32-,33-,34-,35-,36-,37-,40-/m0/s1. The molecule has 0 spiro atoms. The number of aliphatic carboxylic acids is 1. The van der Waals surface area contributed by atoms with Crippen molar-refractivity contribution in [3.63, 3.8) is 0 Å². The van der Waals surface area contributed by atoms with Gasteiger partial charge in [0.15, 0.2) is 0 Å². The second-order valence-electron chi connectivity index (χ2n) is 20.1. The molecule has 0 aliphatic carbocycles. The van der Waals surface area contributed by atoms with Gasteiger partial charge in [-0.15, -0.1) is 0 Å². The Morgan fingerprint density at radius 1 is 0.857 bits per heavy atom. The molecule has 0 saturated carbocycles. The topological polar surface area (TPSA) is 386 Å². The Bertz CT molecular complexity index is 2420. The maximum Gasteiger partial charge on any atom is 0.305 e. The fourth-order valence-corrected chi connectivity index (χ4v) is 11.5. The minimum atomic E-state index is -1.83. The fourth-order valence-electron chi connectivity index (χ4n) is 8.53. The zero-order chi connectivity index (χ0) is 57.3. The van der Waals surface area contributed by atoms with Crippen molar-refractivity contribution in [2.75, 3.05) is 25.1 Å². The minimum Gasteiger partial charge on any atom is -0.507 e. The number of phenolic OH excluding ortho intramolecular Hbond substituents is 1. The number of nitrogens with one attached hydrogen (secondary N) is 9. The van der Waals surface area contributed by atoms with Crippen molar-refractivity contribution in [3.8, 4) is 5.75 Å². The van der Waals surface area contributed by atoms with E-state index in [9.17, 15) is 63.3 Å². The molecule has 2 aliphatic heterocycles. The minimum absolute atomic E-state index is 0.0165. The van der Waals surface area contributed by atoms with Crippen LogP contribution in [0.4, 0.5) is 0 Å². The molecule has 2 aromatic rings. The van der Waals surface area contributed by atoms with Crippen LogP contribution in [-0.2, 0) is 60.8 Å². The van der Waals surface area contributed by atoms with Gasteiger partial charge in [-0.25, -0.2) is 4.98 Å². The lowest BCUT2D eigenvalue weighted by Gasteiger charge is -2.30. The summed E-state index contributed by atoms with van der Waals surface area (Å²) in [5.74, 6) is -10.1. The molecule has 25 nitrogen and oxygen atoms in total. The van der Waals surface area contributed by atoms with Crippen LogP contribution in [0.5, 0.6) is 5.75 Å². The molecule has 28 heteroatoms. The van der Waals surface area contributed by atoms with Crippen molar-refractivity contribution in [1.29, 1.82) is 0 Å². The lowest BCUT2D eigenvalue weighted by atomic mass is 9.96. The number of carboxylic acid groups (broad SMARTS) is 1. The highest BCUT2D eigenvalue weighted by Gasteiger charge is 2.43. The maximum atomic E-state index is 14.6. The SMILES string of the molecule is CCC(C)[C@H](NC(=O)[C@H](Cc1cnc[nH]1)NC(=O)[C@@H]1CSSC[C@H](NC)C(=O)N2CC(O)C[C@H]2C(=O)N[C@@H](Cc2ccc(O)c(I)c2)C(=O)N[C@@H](CC(=O)O)C(=O)N[C@@H](CC(C)C)C(=O)N1)C(=O)N[C@@H](CC(C)C)C(N)=O. The number of amides is 9. The summed E-state index contributed by atoms with van der Waals surface area (Å²) in [7, 11) is 3.70. The summed E-state index contributed by atoms with van der Waals surface area (Å²) in [6, 6.07) is -7.71. The number of primary amides is 1. The number of carbonyl (C=O) groups is 10. The second kappa shape index (κ2) is 30.4. The smallest absolute Gasteiger partial charge is 0.305 e. The first-order valence-corrected chi connectivity index (χ1v) is 28.9. The molecule has 9 amide bonds. The van der Waals surface area contributed by atoms with E-state index in [-0.39, 0.29) is 67.7 Å². The van der Waals surface area contributed by atoms with E-state index in [1.165, 1.54) is 36.6 Å². The van der Waals surface area contributed by atoms with Crippen molar-refractivity contribution in [2.24, 2.45) is 23.5 Å². The normalized spacial score (nSPS) is 23.8. The number of carbonyl (C=O) groups excluding carboxylic acids is 9. The number of hydrogen-bond acceptors (Lipinski definition) is 16. The van der Waals surface area contributed by atoms with E-state index in [0.29, 0.717) is 21.2 Å². The van der Waals surface area contributed by atoms with Gasteiger partial charge in [0.2, 0.25) is 53.2 Å². The zero-order valence-corrected chi connectivity index (χ0v) is 47.8. The van der Waals surface area contributed by atoms with Crippen molar-refractivity contribution >= 4 is 103 Å². The first kappa shape index (κ1) is 63.8. The molecule has 426 valence electrons. The summed E-state index contributed by atoms with van der Waals surface area (Å²) in [4.78, 5) is 147. The number of hydrogen-bond donors (Lipinski definition) is 13. The summed E-state index contributed by atoms with van der Waals surface area (Å²) < 4.78 is 0.409. The maximum absolute atomic E-state index is 14.6. The lowest BCUT2D eigenvalue weighted by molar-refractivity contribution is -0.142. The Morgan fingerprint density at radius 3 is 2.10 bits per heavy atom. The summed E-state index contributed by atoms with van der Waals surface area (Å²) >= 11 is 1.87. The van der Waals surface area contributed by atoms with Crippen LogP contribution in [0, 0.1) is 21.3 Å². The molecule has 11 atom stereocenters. The number of likely N-dealkylation sites (N-methyl/N-ethyl adjacent to an activating group) is 1. The summed E-state index contributed by atoms with van der Waals surface area (Å²) in [6.07, 6.45) is 0.673. The van der Waals surface area contributed by atoms with Gasteiger partial charge in [-0.1, -0.05) is 75.6 Å². The number of nitrogens with zero attached hydrogens (tertiary/aromatic N) is 2. The summed E-state index contributed by atoms with van der Waals surface area (Å²) in [5, 5.41) is 52.3. The molecule has 0 bridgehead atoms. The number of halogens is 1. The van der Waals surface area contributed by atoms with Crippen molar-refractivity contribution < 1.29 is 63.3 Å². The van der Waals surface area contributed by atoms with Crippen LogP contribution in [-0.4, -0.2) is 175 Å². The Hall–Kier alpha value is -5.72. The first-order chi connectivity index (χ1) is 36.3. The zero-order valence-electron chi connectivity index (χ0n) is 44.1. The number of aromatic amines is 1. The average molecular weight is 1230 g/mol. The predicted molar refractivity (Wildman–Crippen MR) is 294 cm³/mol. The number of benzene rings is 1. The van der Waals surface area contributed by atoms with E-state index < -0.39 is 132 Å². The van der Waals surface area contributed by atoms with Crippen LogP contribution in [0.25, 0.3) is 0 Å². The lowest BCUT2D eigenvalue weighted by Crippen LogP contribution is -2.61. The van der Waals surface area contributed by atoms with Crippen LogP contribution in [0.1, 0.15) is 84.9 Å². The molecule has 4 rings (SSSR count). The molecule has 2 unspecified atom stereocenters. The third-order valence-corrected chi connectivity index (χ3v) is 16.2. The Balaban J connectivity index is 1.75. The summed E-state index contributed by atoms with van der Waals surface area (Å²) in [6.45, 7) is 10.5. The van der Waals surface area contributed by atoms with Crippen LogP contribution in [0.2, 0.25) is 0 Å². The van der Waals surface area contributed by atoms with Crippen molar-refractivity contribution in [3.05, 3.63) is 45.6 Å². The molecule has 2 aliphatic rings. The first-order valence-electron chi connectivity index (χ1n) is 25.3. The number of aromatic nitrogens is 2. The molecular formula is C49H73IN12O13S2. The molecule has 2 fully saturated rings.